The minimum absolute atomic E-state index is 0.0330. The summed E-state index contributed by atoms with van der Waals surface area (Å²) in [6.45, 7) is 3.64. The molecule has 154 valence electrons. The third-order valence-electron chi connectivity index (χ3n) is 4.01. The number of fused-ring (bicyclic) bond motifs is 1. The number of anilines is 1. The third-order valence-corrected chi connectivity index (χ3v) is 4.01. The number of amides is 1. The Morgan fingerprint density at radius 1 is 1.25 bits per heavy atom. The van der Waals surface area contributed by atoms with Crippen LogP contribution < -0.4 is 15.5 Å². The maximum atomic E-state index is 12.1. The summed E-state index contributed by atoms with van der Waals surface area (Å²) in [6.07, 6.45) is -3.71. The Balaban J connectivity index is 1.68. The number of nitrogens with zero attached hydrogens (tertiary/aromatic N) is 4. The zero-order chi connectivity index (χ0) is 20.7. The van der Waals surface area contributed by atoms with Crippen molar-refractivity contribution < 1.29 is 22.8 Å². The van der Waals surface area contributed by atoms with E-state index in [1.807, 2.05) is 36.3 Å². The number of carbonyl (C=O) groups is 1. The molecular formula is C17H23F3N6O2. The molecule has 1 aromatic heterocycles. The second-order valence-electron chi connectivity index (χ2n) is 6.49. The average Bonchev–Trinajstić information content (AvgIpc) is 2.61. The molecule has 0 aliphatic heterocycles. The molecule has 8 nitrogen and oxygen atoms in total. The van der Waals surface area contributed by atoms with Gasteiger partial charge in [0.2, 0.25) is 0 Å². The van der Waals surface area contributed by atoms with Crippen molar-refractivity contribution in [3.8, 4) is 0 Å². The number of rotatable bonds is 9. The Hall–Kier alpha value is -2.69. The normalized spacial score (nSPS) is 11.8. The number of hydrogen-bond donors (Lipinski definition) is 2. The van der Waals surface area contributed by atoms with E-state index in [0.717, 1.165) is 12.0 Å². The van der Waals surface area contributed by atoms with Crippen molar-refractivity contribution in [2.75, 3.05) is 38.5 Å². The van der Waals surface area contributed by atoms with Crippen LogP contribution in [-0.4, -0.2) is 60.3 Å². The molecule has 0 saturated carbocycles. The zero-order valence-corrected chi connectivity index (χ0v) is 15.7. The molecule has 0 aliphatic rings. The first kappa shape index (κ1) is 21.6. The lowest BCUT2D eigenvalue weighted by molar-refractivity contribution is -0.641. The van der Waals surface area contributed by atoms with Gasteiger partial charge in [0.05, 0.1) is 5.10 Å². The lowest BCUT2D eigenvalue weighted by Crippen LogP contribution is -2.38. The number of aryl methyl sites for hydroxylation is 1. The van der Waals surface area contributed by atoms with Crippen LogP contribution in [0.3, 0.4) is 0 Å². The van der Waals surface area contributed by atoms with E-state index in [1.54, 1.807) is 6.07 Å². The second-order valence-corrected chi connectivity index (χ2v) is 6.49. The minimum atomic E-state index is -4.84. The molecule has 0 bridgehead atoms. The van der Waals surface area contributed by atoms with Crippen molar-refractivity contribution in [2.24, 2.45) is 0 Å². The van der Waals surface area contributed by atoms with E-state index in [-0.39, 0.29) is 12.5 Å². The van der Waals surface area contributed by atoms with E-state index in [1.165, 1.54) is 0 Å². The number of halogens is 3. The predicted molar refractivity (Wildman–Crippen MR) is 97.5 cm³/mol. The highest BCUT2D eigenvalue weighted by Crippen LogP contribution is 2.14. The molecule has 1 amide bonds. The molecule has 1 heterocycles. The molecule has 28 heavy (non-hydrogen) atoms. The van der Waals surface area contributed by atoms with Gasteiger partial charge in [-0.15, -0.1) is 0 Å². The summed E-state index contributed by atoms with van der Waals surface area (Å²) in [4.78, 5) is 17.5. The van der Waals surface area contributed by atoms with Crippen molar-refractivity contribution in [2.45, 2.75) is 25.9 Å². The fourth-order valence-electron chi connectivity index (χ4n) is 2.55. The zero-order valence-electron chi connectivity index (χ0n) is 15.7. The molecule has 0 atom stereocenters. The summed E-state index contributed by atoms with van der Waals surface area (Å²) in [5.41, 5.74) is 1.95. The van der Waals surface area contributed by atoms with Gasteiger partial charge in [0.15, 0.2) is 0 Å². The van der Waals surface area contributed by atoms with Crippen LogP contribution in [0.2, 0.25) is 0 Å². The van der Waals surface area contributed by atoms with Crippen LogP contribution in [0.4, 0.5) is 19.1 Å². The van der Waals surface area contributed by atoms with Crippen LogP contribution in [0.25, 0.3) is 11.0 Å². The molecule has 11 heteroatoms. The summed E-state index contributed by atoms with van der Waals surface area (Å²) < 4.78 is 36.2. The smallest absolute Gasteiger partial charge is 0.471 e. The SMILES string of the molecule is Cc1ccc2c(c1)nc(NCCCN(C)CCCNC(=O)C(F)(F)F)n[n+]2[O-]. The van der Waals surface area contributed by atoms with Crippen LogP contribution in [0.1, 0.15) is 18.4 Å². The monoisotopic (exact) mass is 400 g/mol. The summed E-state index contributed by atoms with van der Waals surface area (Å²) in [6, 6.07) is 5.30. The summed E-state index contributed by atoms with van der Waals surface area (Å²) >= 11 is 0. The van der Waals surface area contributed by atoms with Gasteiger partial charge in [-0.1, -0.05) is 6.07 Å². The van der Waals surface area contributed by atoms with E-state index in [9.17, 15) is 23.2 Å². The van der Waals surface area contributed by atoms with Crippen LogP contribution in [-0.2, 0) is 4.79 Å². The molecule has 0 radical (unpaired) electrons. The molecule has 1 aromatic carbocycles. The Labute approximate surface area is 160 Å². The molecule has 0 saturated heterocycles. The Bertz CT molecular complexity index is 815. The quantitative estimate of drug-likeness (QED) is 0.375. The molecule has 0 unspecified atom stereocenters. The van der Waals surface area contributed by atoms with Gasteiger partial charge in [0.1, 0.15) is 5.52 Å². The highest BCUT2D eigenvalue weighted by molar-refractivity contribution is 5.81. The van der Waals surface area contributed by atoms with Crippen LogP contribution in [0.5, 0.6) is 0 Å². The van der Waals surface area contributed by atoms with E-state index in [2.05, 4.69) is 15.4 Å². The summed E-state index contributed by atoms with van der Waals surface area (Å²) in [5, 5.41) is 20.6. The third kappa shape index (κ3) is 6.48. The van der Waals surface area contributed by atoms with Crippen molar-refractivity contribution >= 4 is 22.9 Å². The molecule has 0 fully saturated rings. The molecule has 0 aliphatic carbocycles. The van der Waals surface area contributed by atoms with E-state index < -0.39 is 12.1 Å². The number of hydrogen-bond acceptors (Lipinski definition) is 6. The van der Waals surface area contributed by atoms with Crippen LogP contribution in [0.15, 0.2) is 18.2 Å². The first-order valence-corrected chi connectivity index (χ1v) is 8.82. The van der Waals surface area contributed by atoms with Crippen molar-refractivity contribution in [3.63, 3.8) is 0 Å². The van der Waals surface area contributed by atoms with Gasteiger partial charge >= 0.3 is 12.1 Å². The number of alkyl halides is 3. The lowest BCUT2D eigenvalue weighted by atomic mass is 10.2. The number of aromatic nitrogens is 3. The maximum Gasteiger partial charge on any atom is 0.471 e. The molecule has 2 rings (SSSR count). The Morgan fingerprint density at radius 2 is 1.93 bits per heavy atom. The van der Waals surface area contributed by atoms with Crippen molar-refractivity contribution in [1.29, 1.82) is 0 Å². The highest BCUT2D eigenvalue weighted by Gasteiger charge is 2.38. The molecule has 0 spiro atoms. The Morgan fingerprint density at radius 3 is 2.61 bits per heavy atom. The van der Waals surface area contributed by atoms with Gasteiger partial charge in [-0.2, -0.15) is 13.2 Å². The average molecular weight is 400 g/mol. The second kappa shape index (κ2) is 9.49. The van der Waals surface area contributed by atoms with Gasteiger partial charge in [0.25, 0.3) is 11.5 Å². The number of nitrogens with one attached hydrogen (secondary N) is 2. The maximum absolute atomic E-state index is 12.1. The molecule has 2 N–H and O–H groups in total. The highest BCUT2D eigenvalue weighted by atomic mass is 19.4. The van der Waals surface area contributed by atoms with Gasteiger partial charge in [-0.25, -0.2) is 4.98 Å². The fraction of sp³-hybridized carbons (Fsp3) is 0.529. The topological polar surface area (TPSA) is 97.1 Å². The van der Waals surface area contributed by atoms with Gasteiger partial charge in [-0.05, 0) is 56.4 Å². The van der Waals surface area contributed by atoms with Crippen molar-refractivity contribution in [3.05, 3.63) is 29.0 Å². The number of carbonyl (C=O) groups excluding carboxylic acids is 1. The predicted octanol–water partition coefficient (Wildman–Crippen LogP) is 1.37. The minimum Gasteiger partial charge on any atom is -0.594 e. The first-order valence-electron chi connectivity index (χ1n) is 8.82. The number of benzene rings is 1. The van der Waals surface area contributed by atoms with E-state index in [4.69, 9.17) is 0 Å². The van der Waals surface area contributed by atoms with Crippen LogP contribution in [0, 0.1) is 12.1 Å². The lowest BCUT2D eigenvalue weighted by Gasteiger charge is -2.16. The van der Waals surface area contributed by atoms with E-state index in [0.29, 0.717) is 41.9 Å². The van der Waals surface area contributed by atoms with Gasteiger partial charge in [-0.3, -0.25) is 4.79 Å². The fourth-order valence-corrected chi connectivity index (χ4v) is 2.55. The van der Waals surface area contributed by atoms with E-state index >= 15 is 0 Å². The van der Waals surface area contributed by atoms with Crippen LogP contribution >= 0.6 is 0 Å². The summed E-state index contributed by atoms with van der Waals surface area (Å²) in [7, 11) is 1.84. The van der Waals surface area contributed by atoms with Gasteiger partial charge < -0.3 is 20.7 Å². The molecule has 2 aromatic rings. The van der Waals surface area contributed by atoms with Crippen molar-refractivity contribution in [1.82, 2.24) is 20.3 Å². The Kier molecular flexibility index (Phi) is 7.32. The first-order chi connectivity index (χ1) is 13.2. The molecular weight excluding hydrogens is 377 g/mol. The van der Waals surface area contributed by atoms with Gasteiger partial charge in [0, 0.05) is 19.2 Å². The standard InChI is InChI=1S/C17H23F3N6O2/c1-12-5-6-14-13(11-12)23-16(24-26(14)28)22-8-4-10-25(2)9-3-7-21-15(27)17(18,19)20/h5-6,11H,3-4,7-10H2,1-2H3,(H,21,27)(H,22,23,24). The largest absolute Gasteiger partial charge is 0.594 e. The summed E-state index contributed by atoms with van der Waals surface area (Å²) in [5.74, 6) is -1.67.